The van der Waals surface area contributed by atoms with Gasteiger partial charge in [-0.1, -0.05) is 6.07 Å². The van der Waals surface area contributed by atoms with Crippen LogP contribution in [0.2, 0.25) is 0 Å². The monoisotopic (exact) mass is 293 g/mol. The number of thiophene rings is 1. The predicted molar refractivity (Wildman–Crippen MR) is 77.2 cm³/mol. The van der Waals surface area contributed by atoms with E-state index in [9.17, 15) is 4.79 Å². The van der Waals surface area contributed by atoms with Crippen molar-refractivity contribution in [2.75, 3.05) is 0 Å². The molecule has 6 heteroatoms. The molecule has 0 saturated carbocycles. The number of aryl methyl sites for hydroxylation is 2. The Labute approximate surface area is 119 Å². The summed E-state index contributed by atoms with van der Waals surface area (Å²) in [6, 6.07) is 3.21. The lowest BCUT2D eigenvalue weighted by molar-refractivity contribution is -0.122. The van der Waals surface area contributed by atoms with Crippen LogP contribution in [0.25, 0.3) is 0 Å². The molecule has 4 nitrogen and oxygen atoms in total. The summed E-state index contributed by atoms with van der Waals surface area (Å²) in [5, 5.41) is 5.77. The fourth-order valence-corrected chi connectivity index (χ4v) is 4.01. The lowest BCUT2D eigenvalue weighted by Crippen LogP contribution is -2.33. The molecule has 1 unspecified atom stereocenters. The number of hydrogen-bond acceptors (Lipinski definition) is 5. The molecule has 1 aliphatic rings. The van der Waals surface area contributed by atoms with Gasteiger partial charge in [-0.25, -0.2) is 4.98 Å². The number of nitrogens with one attached hydrogen (secondary N) is 1. The summed E-state index contributed by atoms with van der Waals surface area (Å²) in [5.41, 5.74) is 7.12. The molecule has 19 heavy (non-hydrogen) atoms. The van der Waals surface area contributed by atoms with E-state index in [0.717, 1.165) is 22.7 Å². The third kappa shape index (κ3) is 2.70. The van der Waals surface area contributed by atoms with Crippen LogP contribution in [0.4, 0.5) is 0 Å². The van der Waals surface area contributed by atoms with E-state index in [1.807, 2.05) is 17.5 Å². The average molecular weight is 293 g/mol. The van der Waals surface area contributed by atoms with Gasteiger partial charge in [0.2, 0.25) is 5.91 Å². The molecule has 3 rings (SSSR count). The highest BCUT2D eigenvalue weighted by molar-refractivity contribution is 7.11. The fraction of sp³-hybridized carbons (Fsp3) is 0.385. The predicted octanol–water partition coefficient (Wildman–Crippen LogP) is 2.01. The number of thiazole rings is 1. The zero-order valence-electron chi connectivity index (χ0n) is 10.4. The highest BCUT2D eigenvalue weighted by Gasteiger charge is 2.19. The first-order valence-electron chi connectivity index (χ1n) is 6.28. The van der Waals surface area contributed by atoms with E-state index in [2.05, 4.69) is 10.3 Å². The number of nitrogens with zero attached hydrogens (tertiary/aromatic N) is 1. The molecule has 2 aromatic heterocycles. The summed E-state index contributed by atoms with van der Waals surface area (Å²) in [6.07, 6.45) is 3.42. The van der Waals surface area contributed by atoms with Gasteiger partial charge in [-0.05, 0) is 30.7 Å². The first-order chi connectivity index (χ1) is 9.24. The molecule has 0 aromatic carbocycles. The Morgan fingerprint density at radius 3 is 3.16 bits per heavy atom. The summed E-state index contributed by atoms with van der Waals surface area (Å²) in [4.78, 5) is 18.8. The Morgan fingerprint density at radius 1 is 1.53 bits per heavy atom. The first kappa shape index (κ1) is 12.8. The van der Waals surface area contributed by atoms with E-state index in [1.54, 1.807) is 11.3 Å². The maximum absolute atomic E-state index is 11.9. The van der Waals surface area contributed by atoms with E-state index in [0.29, 0.717) is 6.54 Å². The van der Waals surface area contributed by atoms with Gasteiger partial charge < -0.3 is 11.1 Å². The zero-order chi connectivity index (χ0) is 13.2. The van der Waals surface area contributed by atoms with Crippen LogP contribution in [-0.4, -0.2) is 10.9 Å². The molecule has 0 aliphatic heterocycles. The normalized spacial score (nSPS) is 15.2. The van der Waals surface area contributed by atoms with Crippen molar-refractivity contribution in [3.63, 3.8) is 0 Å². The van der Waals surface area contributed by atoms with Crippen molar-refractivity contribution < 1.29 is 4.79 Å². The molecule has 2 aromatic rings. The van der Waals surface area contributed by atoms with E-state index in [1.165, 1.54) is 28.3 Å². The highest BCUT2D eigenvalue weighted by atomic mass is 32.1. The fourth-order valence-electron chi connectivity index (χ4n) is 2.19. The molecule has 0 fully saturated rings. The van der Waals surface area contributed by atoms with Crippen molar-refractivity contribution in [1.29, 1.82) is 0 Å². The van der Waals surface area contributed by atoms with Crippen LogP contribution in [0.5, 0.6) is 0 Å². The summed E-state index contributed by atoms with van der Waals surface area (Å²) in [5.74, 6) is -0.141. The van der Waals surface area contributed by atoms with Gasteiger partial charge in [0.1, 0.15) is 11.0 Å². The topological polar surface area (TPSA) is 68.0 Å². The molecular formula is C13H15N3OS2. The van der Waals surface area contributed by atoms with Gasteiger partial charge in [-0.2, -0.15) is 0 Å². The number of fused-ring (bicyclic) bond motifs is 1. The summed E-state index contributed by atoms with van der Waals surface area (Å²) in [7, 11) is 0. The van der Waals surface area contributed by atoms with Crippen LogP contribution in [-0.2, 0) is 24.2 Å². The van der Waals surface area contributed by atoms with Crippen LogP contribution in [0.3, 0.4) is 0 Å². The number of carbonyl (C=O) groups excluding carboxylic acids is 1. The second-order valence-electron chi connectivity index (χ2n) is 4.54. The van der Waals surface area contributed by atoms with E-state index < -0.39 is 6.04 Å². The van der Waals surface area contributed by atoms with Gasteiger partial charge in [0, 0.05) is 9.75 Å². The number of carbonyl (C=O) groups is 1. The lowest BCUT2D eigenvalue weighted by atomic mass is 10.2. The van der Waals surface area contributed by atoms with Crippen LogP contribution < -0.4 is 11.1 Å². The second kappa shape index (κ2) is 5.40. The van der Waals surface area contributed by atoms with Crippen molar-refractivity contribution >= 4 is 28.6 Å². The molecule has 2 heterocycles. The third-order valence-corrected chi connectivity index (χ3v) is 5.30. The maximum atomic E-state index is 11.9. The molecule has 0 saturated heterocycles. The zero-order valence-corrected chi connectivity index (χ0v) is 12.0. The van der Waals surface area contributed by atoms with E-state index in [4.69, 9.17) is 5.73 Å². The van der Waals surface area contributed by atoms with Crippen molar-refractivity contribution in [3.8, 4) is 0 Å². The minimum Gasteiger partial charge on any atom is -0.348 e. The molecule has 1 aliphatic carbocycles. The number of nitrogens with two attached hydrogens (primary N) is 1. The Hall–Kier alpha value is -1.24. The van der Waals surface area contributed by atoms with Gasteiger partial charge in [0.25, 0.3) is 0 Å². The van der Waals surface area contributed by atoms with Crippen molar-refractivity contribution in [1.82, 2.24) is 10.3 Å². The Morgan fingerprint density at radius 2 is 2.42 bits per heavy atom. The third-order valence-electron chi connectivity index (χ3n) is 3.19. The molecule has 0 spiro atoms. The smallest absolute Gasteiger partial charge is 0.242 e. The quantitative estimate of drug-likeness (QED) is 0.906. The van der Waals surface area contributed by atoms with Crippen LogP contribution >= 0.6 is 22.7 Å². The summed E-state index contributed by atoms with van der Waals surface area (Å²) in [6.45, 7) is 0.482. The van der Waals surface area contributed by atoms with Gasteiger partial charge in [-0.15, -0.1) is 22.7 Å². The standard InChI is InChI=1S/C13H15N3OS2/c14-12(10-5-2-6-18-10)13(17)15-7-11-16-8-3-1-4-9(8)19-11/h2,5-6,12H,1,3-4,7,14H2,(H,15,17). The number of hydrogen-bond donors (Lipinski definition) is 2. The maximum Gasteiger partial charge on any atom is 0.242 e. The summed E-state index contributed by atoms with van der Waals surface area (Å²) < 4.78 is 0. The Balaban J connectivity index is 1.58. The van der Waals surface area contributed by atoms with E-state index >= 15 is 0 Å². The van der Waals surface area contributed by atoms with Gasteiger partial charge in [0.15, 0.2) is 0 Å². The minimum atomic E-state index is -0.577. The molecule has 1 atom stereocenters. The van der Waals surface area contributed by atoms with Crippen LogP contribution in [0.15, 0.2) is 17.5 Å². The van der Waals surface area contributed by atoms with Gasteiger partial charge in [0.05, 0.1) is 12.2 Å². The largest absolute Gasteiger partial charge is 0.348 e. The Bertz CT molecular complexity index is 555. The Kier molecular flexibility index (Phi) is 3.63. The van der Waals surface area contributed by atoms with Crippen molar-refractivity contribution in [3.05, 3.63) is 38.0 Å². The molecule has 1 amide bonds. The summed E-state index contributed by atoms with van der Waals surface area (Å²) >= 11 is 3.21. The minimum absolute atomic E-state index is 0.141. The molecular weight excluding hydrogens is 278 g/mol. The molecule has 0 radical (unpaired) electrons. The second-order valence-corrected chi connectivity index (χ2v) is 6.69. The van der Waals surface area contributed by atoms with Crippen molar-refractivity contribution in [2.24, 2.45) is 5.73 Å². The van der Waals surface area contributed by atoms with Gasteiger partial charge >= 0.3 is 0 Å². The SMILES string of the molecule is NC(C(=O)NCc1nc2c(s1)CCC2)c1cccs1. The molecule has 100 valence electrons. The lowest BCUT2D eigenvalue weighted by Gasteiger charge is -2.09. The van der Waals surface area contributed by atoms with Crippen molar-refractivity contribution in [2.45, 2.75) is 31.8 Å². The van der Waals surface area contributed by atoms with Crippen LogP contribution in [0, 0.1) is 0 Å². The number of rotatable bonds is 4. The molecule has 0 bridgehead atoms. The number of amides is 1. The molecule has 3 N–H and O–H groups in total. The van der Waals surface area contributed by atoms with Crippen LogP contribution in [0.1, 0.15) is 32.9 Å². The highest BCUT2D eigenvalue weighted by Crippen LogP contribution is 2.27. The number of aromatic nitrogens is 1. The average Bonchev–Trinajstić information content (AvgIpc) is 3.10. The van der Waals surface area contributed by atoms with E-state index in [-0.39, 0.29) is 5.91 Å². The first-order valence-corrected chi connectivity index (χ1v) is 7.98. The van der Waals surface area contributed by atoms with Gasteiger partial charge in [-0.3, -0.25) is 4.79 Å².